The lowest BCUT2D eigenvalue weighted by molar-refractivity contribution is -0.122. The summed E-state index contributed by atoms with van der Waals surface area (Å²) in [7, 11) is 0. The summed E-state index contributed by atoms with van der Waals surface area (Å²) in [6.45, 7) is 0.917. The van der Waals surface area contributed by atoms with E-state index in [4.69, 9.17) is 10.5 Å². The molecule has 4 N–H and O–H groups in total. The van der Waals surface area contributed by atoms with E-state index < -0.39 is 23.1 Å². The van der Waals surface area contributed by atoms with Crippen LogP contribution in [-0.2, 0) is 9.53 Å². The second kappa shape index (κ2) is 9.09. The highest BCUT2D eigenvalue weighted by Gasteiger charge is 2.28. The SMILES string of the molecule is NC(=O)[C@H]1CC[C@H](Nc2ncc3nc(Nc4c(F)cc(F)cc4F)n(C4CCOC4)c3n2)CC1. The van der Waals surface area contributed by atoms with Crippen molar-refractivity contribution in [3.05, 3.63) is 35.8 Å². The highest BCUT2D eigenvalue weighted by Crippen LogP contribution is 2.32. The maximum absolute atomic E-state index is 14.3. The first-order chi connectivity index (χ1) is 16.4. The molecule has 0 radical (unpaired) electrons. The van der Waals surface area contributed by atoms with Crippen LogP contribution in [0.1, 0.15) is 38.1 Å². The number of hydrogen-bond donors (Lipinski definition) is 3. The van der Waals surface area contributed by atoms with Crippen molar-refractivity contribution in [3.63, 3.8) is 0 Å². The highest BCUT2D eigenvalue weighted by molar-refractivity contribution is 5.77. The van der Waals surface area contributed by atoms with Crippen molar-refractivity contribution >= 4 is 34.7 Å². The molecule has 180 valence electrons. The third kappa shape index (κ3) is 4.37. The molecule has 2 aromatic heterocycles. The molecule has 0 bridgehead atoms. The number of imidazole rings is 1. The largest absolute Gasteiger partial charge is 0.379 e. The molecule has 5 rings (SSSR count). The molecular weight excluding hydrogens is 451 g/mol. The van der Waals surface area contributed by atoms with Gasteiger partial charge in [-0.15, -0.1) is 0 Å². The molecule has 3 aromatic rings. The van der Waals surface area contributed by atoms with Gasteiger partial charge in [0.2, 0.25) is 17.8 Å². The molecule has 1 atom stereocenters. The molecule has 1 aliphatic carbocycles. The smallest absolute Gasteiger partial charge is 0.224 e. The van der Waals surface area contributed by atoms with Gasteiger partial charge in [-0.1, -0.05) is 0 Å². The van der Waals surface area contributed by atoms with Crippen LogP contribution in [0, 0.1) is 23.4 Å². The third-order valence-corrected chi connectivity index (χ3v) is 6.41. The molecule has 9 nitrogen and oxygen atoms in total. The Kier molecular flexibility index (Phi) is 5.98. The standard InChI is InChI=1S/C22H24F3N7O2/c23-12-7-15(24)18(16(25)8-12)30-22-29-17-9-27-21(28-13-3-1-11(2-4-13)19(26)33)31-20(17)32(22)14-5-6-34-10-14/h7-9,11,13-14H,1-6,10H2,(H2,26,33)(H,29,30)(H,27,28,31)/t11-,13-,14?. The van der Waals surface area contributed by atoms with Gasteiger partial charge in [-0.2, -0.15) is 4.98 Å². The number of nitrogens with two attached hydrogens (primary N) is 1. The molecule has 1 aliphatic heterocycles. The zero-order valence-electron chi connectivity index (χ0n) is 18.2. The van der Waals surface area contributed by atoms with Gasteiger partial charge in [0.25, 0.3) is 0 Å². The van der Waals surface area contributed by atoms with Gasteiger partial charge >= 0.3 is 0 Å². The number of carbonyl (C=O) groups excluding carboxylic acids is 1. The molecule has 34 heavy (non-hydrogen) atoms. The number of anilines is 3. The first-order valence-corrected chi connectivity index (χ1v) is 11.2. The fourth-order valence-electron chi connectivity index (χ4n) is 4.60. The molecule has 1 saturated heterocycles. The van der Waals surface area contributed by atoms with E-state index in [1.54, 1.807) is 4.57 Å². The Labute approximate surface area is 192 Å². The van der Waals surface area contributed by atoms with Gasteiger partial charge < -0.3 is 21.1 Å². The van der Waals surface area contributed by atoms with Crippen LogP contribution >= 0.6 is 0 Å². The topological polar surface area (TPSA) is 120 Å². The Hall–Kier alpha value is -3.41. The predicted molar refractivity (Wildman–Crippen MR) is 118 cm³/mol. The van der Waals surface area contributed by atoms with Gasteiger partial charge in [0.15, 0.2) is 17.3 Å². The average molecular weight is 475 g/mol. The Morgan fingerprint density at radius 3 is 2.47 bits per heavy atom. The van der Waals surface area contributed by atoms with E-state index in [0.29, 0.717) is 61.7 Å². The maximum Gasteiger partial charge on any atom is 0.224 e. The minimum Gasteiger partial charge on any atom is -0.379 e. The minimum absolute atomic E-state index is 0.0965. The predicted octanol–water partition coefficient (Wildman–Crippen LogP) is 3.40. The zero-order valence-corrected chi connectivity index (χ0v) is 18.2. The number of rotatable bonds is 6. The molecular formula is C22H24F3N7O2. The number of aromatic nitrogens is 4. The summed E-state index contributed by atoms with van der Waals surface area (Å²) in [4.78, 5) is 24.8. The first kappa shape index (κ1) is 22.4. The van der Waals surface area contributed by atoms with Gasteiger partial charge in [0, 0.05) is 30.7 Å². The van der Waals surface area contributed by atoms with E-state index in [-0.39, 0.29) is 29.9 Å². The van der Waals surface area contributed by atoms with Crippen molar-refractivity contribution < 1.29 is 22.7 Å². The van der Waals surface area contributed by atoms with Crippen molar-refractivity contribution in [1.82, 2.24) is 19.5 Å². The molecule has 2 fully saturated rings. The Bertz CT molecular complexity index is 1200. The van der Waals surface area contributed by atoms with Crippen molar-refractivity contribution in [2.24, 2.45) is 11.7 Å². The Balaban J connectivity index is 1.46. The first-order valence-electron chi connectivity index (χ1n) is 11.2. The Morgan fingerprint density at radius 1 is 1.09 bits per heavy atom. The van der Waals surface area contributed by atoms with Gasteiger partial charge in [0.1, 0.15) is 17.0 Å². The van der Waals surface area contributed by atoms with Crippen molar-refractivity contribution in [1.29, 1.82) is 0 Å². The minimum atomic E-state index is -1.07. The number of benzene rings is 1. The number of ether oxygens (including phenoxy) is 1. The number of nitrogens with one attached hydrogen (secondary N) is 2. The molecule has 1 amide bonds. The van der Waals surface area contributed by atoms with Crippen LogP contribution in [0.25, 0.3) is 11.2 Å². The monoisotopic (exact) mass is 475 g/mol. The van der Waals surface area contributed by atoms with Crippen LogP contribution in [0.5, 0.6) is 0 Å². The lowest BCUT2D eigenvalue weighted by atomic mass is 9.86. The third-order valence-electron chi connectivity index (χ3n) is 6.41. The van der Waals surface area contributed by atoms with Crippen LogP contribution in [0.4, 0.5) is 30.8 Å². The van der Waals surface area contributed by atoms with Crippen LogP contribution in [0.15, 0.2) is 18.3 Å². The van der Waals surface area contributed by atoms with E-state index in [1.165, 1.54) is 6.20 Å². The lowest BCUT2D eigenvalue weighted by Gasteiger charge is -2.27. The molecule has 1 aromatic carbocycles. The number of halogens is 3. The van der Waals surface area contributed by atoms with Crippen molar-refractivity contribution in [3.8, 4) is 0 Å². The number of amides is 1. The van der Waals surface area contributed by atoms with Crippen LogP contribution in [0.2, 0.25) is 0 Å². The lowest BCUT2D eigenvalue weighted by Crippen LogP contribution is -2.32. The van der Waals surface area contributed by atoms with E-state index in [0.717, 1.165) is 12.8 Å². The van der Waals surface area contributed by atoms with E-state index >= 15 is 0 Å². The molecule has 1 unspecified atom stereocenters. The number of nitrogens with zero attached hydrogens (tertiary/aromatic N) is 4. The number of fused-ring (bicyclic) bond motifs is 1. The normalized spacial score (nSPS) is 22.7. The summed E-state index contributed by atoms with van der Waals surface area (Å²) >= 11 is 0. The molecule has 3 heterocycles. The summed E-state index contributed by atoms with van der Waals surface area (Å²) in [5, 5.41) is 5.97. The molecule has 12 heteroatoms. The number of carbonyl (C=O) groups is 1. The van der Waals surface area contributed by atoms with Crippen LogP contribution in [-0.4, -0.2) is 44.7 Å². The fraction of sp³-hybridized carbons (Fsp3) is 0.455. The molecule has 0 spiro atoms. The summed E-state index contributed by atoms with van der Waals surface area (Å²) in [5.74, 6) is -2.98. The maximum atomic E-state index is 14.3. The van der Waals surface area contributed by atoms with Crippen molar-refractivity contribution in [2.75, 3.05) is 23.8 Å². The highest BCUT2D eigenvalue weighted by atomic mass is 19.1. The second-order valence-electron chi connectivity index (χ2n) is 8.69. The average Bonchev–Trinajstić information content (AvgIpc) is 3.43. The van der Waals surface area contributed by atoms with E-state index in [1.807, 2.05) is 0 Å². The summed E-state index contributed by atoms with van der Waals surface area (Å²) < 4.78 is 49.2. The van der Waals surface area contributed by atoms with Crippen LogP contribution in [0.3, 0.4) is 0 Å². The van der Waals surface area contributed by atoms with Gasteiger partial charge in [-0.25, -0.2) is 23.1 Å². The number of primary amides is 1. The summed E-state index contributed by atoms with van der Waals surface area (Å²) in [6.07, 6.45) is 5.14. The summed E-state index contributed by atoms with van der Waals surface area (Å²) in [6, 6.07) is 1.14. The van der Waals surface area contributed by atoms with Gasteiger partial charge in [0.05, 0.1) is 18.8 Å². The quantitative estimate of drug-likeness (QED) is 0.500. The van der Waals surface area contributed by atoms with Crippen molar-refractivity contribution in [2.45, 2.75) is 44.2 Å². The zero-order chi connectivity index (χ0) is 23.8. The van der Waals surface area contributed by atoms with Crippen LogP contribution < -0.4 is 16.4 Å². The van der Waals surface area contributed by atoms with E-state index in [9.17, 15) is 18.0 Å². The summed E-state index contributed by atoms with van der Waals surface area (Å²) in [5.41, 5.74) is 5.81. The fourth-order valence-corrected chi connectivity index (χ4v) is 4.60. The molecule has 1 saturated carbocycles. The van der Waals surface area contributed by atoms with E-state index in [2.05, 4.69) is 25.6 Å². The van der Waals surface area contributed by atoms with Gasteiger partial charge in [-0.3, -0.25) is 9.36 Å². The number of hydrogen-bond acceptors (Lipinski definition) is 7. The van der Waals surface area contributed by atoms with Gasteiger partial charge in [-0.05, 0) is 32.1 Å². The second-order valence-corrected chi connectivity index (χ2v) is 8.69. The molecule has 2 aliphatic rings. The Morgan fingerprint density at radius 2 is 1.82 bits per heavy atom.